The van der Waals surface area contributed by atoms with Crippen molar-refractivity contribution in [3.63, 3.8) is 0 Å². The van der Waals surface area contributed by atoms with Crippen LogP contribution in [-0.2, 0) is 20.7 Å². The first-order chi connectivity index (χ1) is 11.5. The second-order valence-corrected chi connectivity index (χ2v) is 6.93. The fraction of sp³-hybridized carbons (Fsp3) is 0.500. The molecule has 1 fully saturated rings. The summed E-state index contributed by atoms with van der Waals surface area (Å²) in [6.07, 6.45) is 2.89. The molecule has 4 nitrogen and oxygen atoms in total. The van der Waals surface area contributed by atoms with Gasteiger partial charge in [-0.05, 0) is 38.0 Å². The third kappa shape index (κ3) is 6.10. The van der Waals surface area contributed by atoms with Crippen molar-refractivity contribution in [2.45, 2.75) is 38.8 Å². The van der Waals surface area contributed by atoms with E-state index in [1.165, 1.54) is 5.57 Å². The summed E-state index contributed by atoms with van der Waals surface area (Å²) in [5, 5.41) is 3.99. The Morgan fingerprint density at radius 1 is 1.38 bits per heavy atom. The first kappa shape index (κ1) is 19.3. The molecule has 1 amide bonds. The summed E-state index contributed by atoms with van der Waals surface area (Å²) in [7, 11) is 0. The van der Waals surface area contributed by atoms with Crippen LogP contribution in [0.15, 0.2) is 29.8 Å². The Bertz CT molecular complexity index is 600. The predicted molar refractivity (Wildman–Crippen MR) is 96.7 cm³/mol. The van der Waals surface area contributed by atoms with Gasteiger partial charge in [-0.15, -0.1) is 0 Å². The number of amides is 1. The molecule has 0 spiro atoms. The Morgan fingerprint density at radius 2 is 2.17 bits per heavy atom. The molecular weight excluding hydrogens is 349 g/mol. The maximum atomic E-state index is 12.3. The fourth-order valence-electron chi connectivity index (χ4n) is 2.47. The zero-order valence-electron chi connectivity index (χ0n) is 14.0. The number of allylic oxidation sites excluding steroid dienone is 1. The molecule has 0 radical (unpaired) electrons. The minimum atomic E-state index is -0.132. The van der Waals surface area contributed by atoms with E-state index >= 15 is 0 Å². The lowest BCUT2D eigenvalue weighted by Gasteiger charge is -2.32. The smallest absolute Gasteiger partial charge is 0.224 e. The van der Waals surface area contributed by atoms with Gasteiger partial charge in [-0.3, -0.25) is 4.79 Å². The van der Waals surface area contributed by atoms with E-state index in [1.54, 1.807) is 18.2 Å². The molecular formula is C18H23Cl2NO3. The molecule has 1 heterocycles. The SMILES string of the molecule is CC(C)=CCO[C@@H]1COCC[C@H]1NC(=O)Cc1ccc(Cl)c(Cl)c1. The van der Waals surface area contributed by atoms with Crippen LogP contribution in [-0.4, -0.2) is 37.9 Å². The highest BCUT2D eigenvalue weighted by atomic mass is 35.5. The van der Waals surface area contributed by atoms with E-state index in [2.05, 4.69) is 5.32 Å². The number of hydrogen-bond acceptors (Lipinski definition) is 3. The lowest BCUT2D eigenvalue weighted by molar-refractivity contribution is -0.125. The second kappa shape index (κ2) is 9.42. The summed E-state index contributed by atoms with van der Waals surface area (Å²) in [6, 6.07) is 5.18. The average molecular weight is 372 g/mol. The van der Waals surface area contributed by atoms with Crippen LogP contribution in [0.4, 0.5) is 0 Å². The summed E-state index contributed by atoms with van der Waals surface area (Å²) in [4.78, 5) is 12.3. The van der Waals surface area contributed by atoms with Crippen molar-refractivity contribution in [1.82, 2.24) is 5.32 Å². The number of halogens is 2. The topological polar surface area (TPSA) is 47.6 Å². The van der Waals surface area contributed by atoms with Crippen LogP contribution in [0.2, 0.25) is 10.0 Å². The quantitative estimate of drug-likeness (QED) is 0.773. The highest BCUT2D eigenvalue weighted by molar-refractivity contribution is 6.42. The monoisotopic (exact) mass is 371 g/mol. The van der Waals surface area contributed by atoms with Crippen LogP contribution in [0, 0.1) is 0 Å². The van der Waals surface area contributed by atoms with E-state index in [0.29, 0.717) is 29.9 Å². The van der Waals surface area contributed by atoms with Crippen molar-refractivity contribution in [2.75, 3.05) is 19.8 Å². The average Bonchev–Trinajstić information content (AvgIpc) is 2.52. The predicted octanol–water partition coefficient (Wildman–Crippen LogP) is 3.79. The molecule has 0 unspecified atom stereocenters. The summed E-state index contributed by atoms with van der Waals surface area (Å²) < 4.78 is 11.3. The number of rotatable bonds is 6. The van der Waals surface area contributed by atoms with E-state index in [4.69, 9.17) is 32.7 Å². The van der Waals surface area contributed by atoms with Crippen LogP contribution < -0.4 is 5.32 Å². The first-order valence-corrected chi connectivity index (χ1v) is 8.77. The summed E-state index contributed by atoms with van der Waals surface area (Å²) in [5.74, 6) is -0.0592. The number of carbonyl (C=O) groups is 1. The molecule has 1 aliphatic rings. The Balaban J connectivity index is 1.89. The van der Waals surface area contributed by atoms with Crippen molar-refractivity contribution in [3.8, 4) is 0 Å². The summed E-state index contributed by atoms with van der Waals surface area (Å²) >= 11 is 11.9. The van der Waals surface area contributed by atoms with Crippen LogP contribution in [0.5, 0.6) is 0 Å². The van der Waals surface area contributed by atoms with E-state index < -0.39 is 0 Å². The van der Waals surface area contributed by atoms with Gasteiger partial charge < -0.3 is 14.8 Å². The molecule has 0 bridgehead atoms. The molecule has 2 atom stereocenters. The van der Waals surface area contributed by atoms with Gasteiger partial charge in [0, 0.05) is 6.61 Å². The third-order valence-electron chi connectivity index (χ3n) is 3.80. The van der Waals surface area contributed by atoms with E-state index in [9.17, 15) is 4.79 Å². The molecule has 24 heavy (non-hydrogen) atoms. The molecule has 1 aliphatic heterocycles. The highest BCUT2D eigenvalue weighted by Crippen LogP contribution is 2.23. The molecule has 132 valence electrons. The first-order valence-electron chi connectivity index (χ1n) is 8.01. The van der Waals surface area contributed by atoms with Gasteiger partial charge in [0.05, 0.1) is 35.7 Å². The normalized spacial score (nSPS) is 20.5. The number of hydrogen-bond donors (Lipinski definition) is 1. The third-order valence-corrected chi connectivity index (χ3v) is 4.54. The Morgan fingerprint density at radius 3 is 2.88 bits per heavy atom. The fourth-order valence-corrected chi connectivity index (χ4v) is 2.79. The molecule has 1 aromatic rings. The molecule has 0 aromatic heterocycles. The maximum absolute atomic E-state index is 12.3. The van der Waals surface area contributed by atoms with Gasteiger partial charge in [0.25, 0.3) is 0 Å². The zero-order chi connectivity index (χ0) is 17.5. The van der Waals surface area contributed by atoms with Crippen LogP contribution in [0.25, 0.3) is 0 Å². The van der Waals surface area contributed by atoms with Gasteiger partial charge in [0.1, 0.15) is 6.10 Å². The van der Waals surface area contributed by atoms with Crippen molar-refractivity contribution >= 4 is 29.1 Å². The molecule has 2 rings (SSSR count). The van der Waals surface area contributed by atoms with E-state index in [0.717, 1.165) is 12.0 Å². The zero-order valence-corrected chi connectivity index (χ0v) is 15.5. The lowest BCUT2D eigenvalue weighted by atomic mass is 10.0. The summed E-state index contributed by atoms with van der Waals surface area (Å²) in [5.41, 5.74) is 2.03. The Labute approximate surface area is 153 Å². The molecule has 1 saturated heterocycles. The Hall–Kier alpha value is -1.07. The van der Waals surface area contributed by atoms with Crippen molar-refractivity contribution in [2.24, 2.45) is 0 Å². The minimum Gasteiger partial charge on any atom is -0.379 e. The number of benzene rings is 1. The molecule has 1 N–H and O–H groups in total. The highest BCUT2D eigenvalue weighted by Gasteiger charge is 2.27. The van der Waals surface area contributed by atoms with Gasteiger partial charge in [-0.1, -0.05) is 40.9 Å². The second-order valence-electron chi connectivity index (χ2n) is 6.12. The van der Waals surface area contributed by atoms with Crippen molar-refractivity contribution < 1.29 is 14.3 Å². The standard InChI is InChI=1S/C18H23Cl2NO3/c1-12(2)5-8-24-17-11-23-7-6-16(17)21-18(22)10-13-3-4-14(19)15(20)9-13/h3-5,9,16-17H,6-8,10-11H2,1-2H3,(H,21,22)/t16-,17-/m1/s1. The van der Waals surface area contributed by atoms with E-state index in [-0.39, 0.29) is 24.5 Å². The number of nitrogens with one attached hydrogen (secondary N) is 1. The van der Waals surface area contributed by atoms with E-state index in [1.807, 2.05) is 19.9 Å². The van der Waals surface area contributed by atoms with Crippen molar-refractivity contribution in [3.05, 3.63) is 45.5 Å². The number of ether oxygens (including phenoxy) is 2. The van der Waals surface area contributed by atoms with Crippen LogP contribution >= 0.6 is 23.2 Å². The van der Waals surface area contributed by atoms with Gasteiger partial charge in [-0.25, -0.2) is 0 Å². The molecule has 0 saturated carbocycles. The van der Waals surface area contributed by atoms with Crippen molar-refractivity contribution in [1.29, 1.82) is 0 Å². The Kier molecular flexibility index (Phi) is 7.56. The largest absolute Gasteiger partial charge is 0.379 e. The van der Waals surface area contributed by atoms with Gasteiger partial charge in [0.2, 0.25) is 5.91 Å². The van der Waals surface area contributed by atoms with Gasteiger partial charge >= 0.3 is 0 Å². The van der Waals surface area contributed by atoms with Gasteiger partial charge in [-0.2, -0.15) is 0 Å². The molecule has 1 aromatic carbocycles. The maximum Gasteiger partial charge on any atom is 0.224 e. The van der Waals surface area contributed by atoms with Crippen LogP contribution in [0.3, 0.4) is 0 Å². The van der Waals surface area contributed by atoms with Gasteiger partial charge in [0.15, 0.2) is 0 Å². The minimum absolute atomic E-state index is 0.0421. The molecule has 6 heteroatoms. The van der Waals surface area contributed by atoms with Crippen LogP contribution in [0.1, 0.15) is 25.8 Å². The summed E-state index contributed by atoms with van der Waals surface area (Å²) in [6.45, 7) is 5.69. The number of carbonyl (C=O) groups excluding carboxylic acids is 1. The lowest BCUT2D eigenvalue weighted by Crippen LogP contribution is -2.50. The molecule has 0 aliphatic carbocycles.